The van der Waals surface area contributed by atoms with Crippen LogP contribution in [0.5, 0.6) is 0 Å². The molecule has 0 saturated heterocycles. The van der Waals surface area contributed by atoms with E-state index in [0.29, 0.717) is 6.04 Å². The molecular weight excluding hydrogens is 236 g/mol. The zero-order chi connectivity index (χ0) is 13.2. The molecule has 1 aliphatic carbocycles. The number of hydrogen-bond acceptors (Lipinski definition) is 4. The summed E-state index contributed by atoms with van der Waals surface area (Å²) in [5.41, 5.74) is 4.44. The van der Waals surface area contributed by atoms with E-state index in [1.54, 1.807) is 0 Å². The smallest absolute Gasteiger partial charge is 0.178 e. The van der Waals surface area contributed by atoms with E-state index in [9.17, 15) is 0 Å². The van der Waals surface area contributed by atoms with Crippen LogP contribution in [0.3, 0.4) is 0 Å². The third-order valence-electron chi connectivity index (χ3n) is 3.67. The third kappa shape index (κ3) is 2.36. The highest BCUT2D eigenvalue weighted by Gasteiger charge is 2.21. The summed E-state index contributed by atoms with van der Waals surface area (Å²) >= 11 is 0. The van der Waals surface area contributed by atoms with Crippen LogP contribution >= 0.6 is 0 Å². The normalized spacial score (nSPS) is 18.1. The molecule has 0 radical (unpaired) electrons. The van der Waals surface area contributed by atoms with Gasteiger partial charge in [-0.3, -0.25) is 4.98 Å². The molecule has 2 heterocycles. The van der Waals surface area contributed by atoms with E-state index < -0.39 is 0 Å². The van der Waals surface area contributed by atoms with E-state index in [4.69, 9.17) is 4.98 Å². The molecule has 0 saturated carbocycles. The van der Waals surface area contributed by atoms with Gasteiger partial charge in [0.1, 0.15) is 5.69 Å². The van der Waals surface area contributed by atoms with Gasteiger partial charge in [-0.1, -0.05) is 0 Å². The average Bonchev–Trinajstić information content (AvgIpc) is 2.46. The number of fused-ring (bicyclic) bond motifs is 1. The number of nitrogens with one attached hydrogen (secondary N) is 1. The fraction of sp³-hybridized carbons (Fsp3) is 0.400. The molecule has 0 amide bonds. The van der Waals surface area contributed by atoms with Gasteiger partial charge in [0.05, 0.1) is 0 Å². The summed E-state index contributed by atoms with van der Waals surface area (Å²) in [4.78, 5) is 13.6. The van der Waals surface area contributed by atoms with Crippen molar-refractivity contribution in [2.45, 2.75) is 32.2 Å². The van der Waals surface area contributed by atoms with Crippen molar-refractivity contribution in [2.75, 3.05) is 7.05 Å². The van der Waals surface area contributed by atoms with Gasteiger partial charge in [0.15, 0.2) is 5.82 Å². The second-order valence-electron chi connectivity index (χ2n) is 5.05. The van der Waals surface area contributed by atoms with Crippen molar-refractivity contribution in [3.05, 3.63) is 41.3 Å². The largest absolute Gasteiger partial charge is 0.313 e. The number of nitrogens with zero attached hydrogens (tertiary/aromatic N) is 3. The van der Waals surface area contributed by atoms with Crippen molar-refractivity contribution in [1.29, 1.82) is 0 Å². The van der Waals surface area contributed by atoms with Gasteiger partial charge < -0.3 is 5.32 Å². The van der Waals surface area contributed by atoms with Crippen molar-refractivity contribution in [1.82, 2.24) is 20.3 Å². The SMILES string of the molecule is CNC1CCCc2nc(-c3cc(C)ccn3)ncc21. The highest BCUT2D eigenvalue weighted by molar-refractivity contribution is 5.50. The molecule has 2 aromatic rings. The fourth-order valence-corrected chi connectivity index (χ4v) is 2.63. The van der Waals surface area contributed by atoms with Gasteiger partial charge in [-0.25, -0.2) is 9.97 Å². The van der Waals surface area contributed by atoms with Crippen LogP contribution in [0.1, 0.15) is 35.7 Å². The van der Waals surface area contributed by atoms with Gasteiger partial charge in [0, 0.05) is 29.7 Å². The second kappa shape index (κ2) is 5.05. The molecule has 0 bridgehead atoms. The molecule has 0 fully saturated rings. The molecule has 4 heteroatoms. The minimum absolute atomic E-state index is 0.392. The third-order valence-corrected chi connectivity index (χ3v) is 3.67. The van der Waals surface area contributed by atoms with Crippen molar-refractivity contribution >= 4 is 0 Å². The average molecular weight is 254 g/mol. The lowest BCUT2D eigenvalue weighted by Gasteiger charge is -2.24. The molecule has 19 heavy (non-hydrogen) atoms. The number of aryl methyl sites for hydroxylation is 2. The number of rotatable bonds is 2. The zero-order valence-corrected chi connectivity index (χ0v) is 11.3. The van der Waals surface area contributed by atoms with Gasteiger partial charge >= 0.3 is 0 Å². The summed E-state index contributed by atoms with van der Waals surface area (Å²) in [5, 5.41) is 3.33. The first-order valence-electron chi connectivity index (χ1n) is 6.74. The van der Waals surface area contributed by atoms with Crippen LogP contribution < -0.4 is 5.32 Å². The van der Waals surface area contributed by atoms with Crippen LogP contribution in [0.15, 0.2) is 24.5 Å². The van der Waals surface area contributed by atoms with Crippen LogP contribution in [-0.4, -0.2) is 22.0 Å². The van der Waals surface area contributed by atoms with Crippen LogP contribution in [0.4, 0.5) is 0 Å². The van der Waals surface area contributed by atoms with Gasteiger partial charge in [-0.15, -0.1) is 0 Å². The Morgan fingerprint density at radius 1 is 1.32 bits per heavy atom. The zero-order valence-electron chi connectivity index (χ0n) is 11.3. The maximum atomic E-state index is 4.71. The Kier molecular flexibility index (Phi) is 3.25. The minimum Gasteiger partial charge on any atom is -0.313 e. The Morgan fingerprint density at radius 2 is 2.21 bits per heavy atom. The van der Waals surface area contributed by atoms with E-state index >= 15 is 0 Å². The summed E-state index contributed by atoms with van der Waals surface area (Å²) in [6.07, 6.45) is 7.14. The predicted molar refractivity (Wildman–Crippen MR) is 74.7 cm³/mol. The molecule has 1 N–H and O–H groups in total. The molecule has 3 rings (SSSR count). The molecular formula is C15H18N4. The van der Waals surface area contributed by atoms with E-state index in [1.807, 2.05) is 31.6 Å². The highest BCUT2D eigenvalue weighted by atomic mass is 14.9. The van der Waals surface area contributed by atoms with Crippen molar-refractivity contribution in [3.8, 4) is 11.5 Å². The van der Waals surface area contributed by atoms with E-state index in [-0.39, 0.29) is 0 Å². The first-order valence-corrected chi connectivity index (χ1v) is 6.74. The van der Waals surface area contributed by atoms with Gasteiger partial charge in [0.2, 0.25) is 0 Å². The number of aromatic nitrogens is 3. The molecule has 98 valence electrons. The van der Waals surface area contributed by atoms with E-state index in [1.165, 1.54) is 23.2 Å². The molecule has 1 aliphatic rings. The Balaban J connectivity index is 2.02. The quantitative estimate of drug-likeness (QED) is 0.894. The first kappa shape index (κ1) is 12.2. The van der Waals surface area contributed by atoms with Crippen LogP contribution in [0.25, 0.3) is 11.5 Å². The summed E-state index contributed by atoms with van der Waals surface area (Å²) in [7, 11) is 2.00. The van der Waals surface area contributed by atoms with Gasteiger partial charge in [-0.05, 0) is 50.9 Å². The fourth-order valence-electron chi connectivity index (χ4n) is 2.63. The molecule has 0 spiro atoms. The Hall–Kier alpha value is -1.81. The lowest BCUT2D eigenvalue weighted by Crippen LogP contribution is -2.22. The van der Waals surface area contributed by atoms with Gasteiger partial charge in [0.25, 0.3) is 0 Å². The Bertz CT molecular complexity index is 594. The second-order valence-corrected chi connectivity index (χ2v) is 5.05. The summed E-state index contributed by atoms with van der Waals surface area (Å²) < 4.78 is 0. The van der Waals surface area contributed by atoms with Crippen molar-refractivity contribution in [3.63, 3.8) is 0 Å². The molecule has 1 atom stereocenters. The Labute approximate surface area is 113 Å². The summed E-state index contributed by atoms with van der Waals surface area (Å²) in [5.74, 6) is 0.735. The van der Waals surface area contributed by atoms with Crippen molar-refractivity contribution < 1.29 is 0 Å². The van der Waals surface area contributed by atoms with Crippen LogP contribution in [-0.2, 0) is 6.42 Å². The highest BCUT2D eigenvalue weighted by Crippen LogP contribution is 2.28. The number of pyridine rings is 1. The molecule has 2 aromatic heterocycles. The predicted octanol–water partition coefficient (Wildman–Crippen LogP) is 2.44. The minimum atomic E-state index is 0.392. The molecule has 0 aromatic carbocycles. The summed E-state index contributed by atoms with van der Waals surface area (Å²) in [6, 6.07) is 4.40. The molecule has 1 unspecified atom stereocenters. The molecule has 4 nitrogen and oxygen atoms in total. The Morgan fingerprint density at radius 3 is 3.00 bits per heavy atom. The lowest BCUT2D eigenvalue weighted by atomic mass is 9.92. The lowest BCUT2D eigenvalue weighted by molar-refractivity contribution is 0.487. The maximum Gasteiger partial charge on any atom is 0.178 e. The van der Waals surface area contributed by atoms with E-state index in [0.717, 1.165) is 24.4 Å². The van der Waals surface area contributed by atoms with Crippen LogP contribution in [0, 0.1) is 6.92 Å². The molecule has 0 aliphatic heterocycles. The summed E-state index contributed by atoms with van der Waals surface area (Å²) in [6.45, 7) is 2.06. The first-order chi connectivity index (χ1) is 9.28. The van der Waals surface area contributed by atoms with Gasteiger partial charge in [-0.2, -0.15) is 0 Å². The van der Waals surface area contributed by atoms with Crippen molar-refractivity contribution in [2.24, 2.45) is 0 Å². The van der Waals surface area contributed by atoms with E-state index in [2.05, 4.69) is 22.2 Å². The topological polar surface area (TPSA) is 50.7 Å². The maximum absolute atomic E-state index is 4.71. The monoisotopic (exact) mass is 254 g/mol. The standard InChI is InChI=1S/C15H18N4/c1-10-6-7-17-14(8-10)15-18-9-11-12(16-2)4-3-5-13(11)19-15/h6-9,12,16H,3-5H2,1-2H3. The number of hydrogen-bond donors (Lipinski definition) is 1. The van der Waals surface area contributed by atoms with Crippen LogP contribution in [0.2, 0.25) is 0 Å².